The van der Waals surface area contributed by atoms with E-state index >= 15 is 0 Å². The molecule has 2 aromatic rings. The van der Waals surface area contributed by atoms with E-state index in [1.165, 1.54) is 23.5 Å². The Bertz CT molecular complexity index is 553. The topological polar surface area (TPSA) is 68.0 Å². The number of nitrogens with zero attached hydrogens (tertiary/aromatic N) is 1. The van der Waals surface area contributed by atoms with Crippen LogP contribution < -0.4 is 11.1 Å². The molecular formula is C12H12FN3OS. The Labute approximate surface area is 108 Å². The highest BCUT2D eigenvalue weighted by molar-refractivity contribution is 7.13. The molecule has 0 aliphatic rings. The molecule has 18 heavy (non-hydrogen) atoms. The van der Waals surface area contributed by atoms with Crippen molar-refractivity contribution in [3.8, 4) is 0 Å². The van der Waals surface area contributed by atoms with Crippen molar-refractivity contribution in [3.63, 3.8) is 0 Å². The number of halogens is 1. The third kappa shape index (κ3) is 2.84. The normalized spacial score (nSPS) is 12.1. The fourth-order valence-electron chi connectivity index (χ4n) is 1.50. The number of thiazole rings is 1. The van der Waals surface area contributed by atoms with Gasteiger partial charge in [-0.15, -0.1) is 11.3 Å². The fraction of sp³-hybridized carbons (Fsp3) is 0.167. The van der Waals surface area contributed by atoms with Gasteiger partial charge in [0.1, 0.15) is 11.5 Å². The van der Waals surface area contributed by atoms with Crippen LogP contribution in [0, 0.1) is 5.82 Å². The first-order valence-corrected chi connectivity index (χ1v) is 6.21. The second kappa shape index (κ2) is 5.14. The molecule has 0 aliphatic carbocycles. The molecule has 1 aromatic carbocycles. The van der Waals surface area contributed by atoms with Gasteiger partial charge in [0, 0.05) is 5.38 Å². The van der Waals surface area contributed by atoms with E-state index in [1.807, 2.05) is 6.92 Å². The second-order valence-corrected chi connectivity index (χ2v) is 4.71. The summed E-state index contributed by atoms with van der Waals surface area (Å²) in [6, 6.07) is 5.77. The number of amides is 1. The molecule has 0 fully saturated rings. The van der Waals surface area contributed by atoms with Crippen LogP contribution in [0.3, 0.4) is 0 Å². The van der Waals surface area contributed by atoms with Crippen molar-refractivity contribution in [2.24, 2.45) is 0 Å². The number of nitrogens with two attached hydrogens (primary N) is 1. The molecule has 1 atom stereocenters. The molecule has 0 radical (unpaired) electrons. The van der Waals surface area contributed by atoms with Crippen LogP contribution in [0.4, 0.5) is 9.52 Å². The molecule has 3 N–H and O–H groups in total. The second-order valence-electron chi connectivity index (χ2n) is 3.82. The third-order valence-electron chi connectivity index (χ3n) is 2.47. The predicted molar refractivity (Wildman–Crippen MR) is 68.8 cm³/mol. The van der Waals surface area contributed by atoms with Crippen molar-refractivity contribution in [2.45, 2.75) is 13.0 Å². The number of carbonyl (C=O) groups is 1. The minimum absolute atomic E-state index is 0.221. The van der Waals surface area contributed by atoms with Crippen LogP contribution in [-0.4, -0.2) is 10.9 Å². The lowest BCUT2D eigenvalue weighted by atomic mass is 10.1. The van der Waals surface area contributed by atoms with Crippen LogP contribution in [0.1, 0.15) is 29.0 Å². The number of anilines is 1. The first-order chi connectivity index (χ1) is 8.56. The van der Waals surface area contributed by atoms with Gasteiger partial charge >= 0.3 is 0 Å². The standard InChI is InChI=1S/C12H12FN3OS/c1-7(8-2-4-9(13)5-3-8)15-11(17)10-6-18-12(14)16-10/h2-7H,1H3,(H2,14,16)(H,15,17)/t7-/m1/s1. The minimum atomic E-state index is -0.301. The van der Waals surface area contributed by atoms with Crippen LogP contribution in [0.5, 0.6) is 0 Å². The lowest BCUT2D eigenvalue weighted by Crippen LogP contribution is -2.26. The number of hydrogen-bond donors (Lipinski definition) is 2. The van der Waals surface area contributed by atoms with Gasteiger partial charge in [-0.25, -0.2) is 9.37 Å². The molecule has 0 aliphatic heterocycles. The summed E-state index contributed by atoms with van der Waals surface area (Å²) in [4.78, 5) is 15.7. The third-order valence-corrected chi connectivity index (χ3v) is 3.15. The maximum absolute atomic E-state index is 12.8. The van der Waals surface area contributed by atoms with E-state index < -0.39 is 0 Å². The van der Waals surface area contributed by atoms with Crippen molar-refractivity contribution >= 4 is 22.4 Å². The largest absolute Gasteiger partial charge is 0.375 e. The van der Waals surface area contributed by atoms with Crippen LogP contribution in [0.15, 0.2) is 29.6 Å². The van der Waals surface area contributed by atoms with Gasteiger partial charge in [-0.1, -0.05) is 12.1 Å². The Kier molecular flexibility index (Phi) is 3.57. The average molecular weight is 265 g/mol. The van der Waals surface area contributed by atoms with Gasteiger partial charge in [0.15, 0.2) is 5.13 Å². The molecule has 0 spiro atoms. The van der Waals surface area contributed by atoms with Gasteiger partial charge in [0.25, 0.3) is 5.91 Å². The summed E-state index contributed by atoms with van der Waals surface area (Å²) in [5.74, 6) is -0.593. The monoisotopic (exact) mass is 265 g/mol. The molecule has 94 valence electrons. The highest BCUT2D eigenvalue weighted by Gasteiger charge is 2.13. The SMILES string of the molecule is C[C@@H](NC(=O)c1csc(N)n1)c1ccc(F)cc1. The van der Waals surface area contributed by atoms with Crippen molar-refractivity contribution in [1.82, 2.24) is 10.3 Å². The number of nitrogen functional groups attached to an aromatic ring is 1. The van der Waals surface area contributed by atoms with E-state index in [1.54, 1.807) is 17.5 Å². The summed E-state index contributed by atoms with van der Waals surface area (Å²) >= 11 is 1.21. The summed E-state index contributed by atoms with van der Waals surface area (Å²) in [6.45, 7) is 1.82. The zero-order valence-corrected chi connectivity index (χ0v) is 10.5. The zero-order chi connectivity index (χ0) is 13.1. The lowest BCUT2D eigenvalue weighted by molar-refractivity contribution is 0.0935. The van der Waals surface area contributed by atoms with Gasteiger partial charge in [-0.3, -0.25) is 4.79 Å². The van der Waals surface area contributed by atoms with Gasteiger partial charge < -0.3 is 11.1 Å². The summed E-state index contributed by atoms with van der Waals surface area (Å²) in [5, 5.41) is 4.73. The van der Waals surface area contributed by atoms with Gasteiger partial charge in [0.05, 0.1) is 6.04 Å². The molecule has 1 heterocycles. The van der Waals surface area contributed by atoms with Crippen molar-refractivity contribution < 1.29 is 9.18 Å². The van der Waals surface area contributed by atoms with Crippen LogP contribution >= 0.6 is 11.3 Å². The van der Waals surface area contributed by atoms with Crippen LogP contribution in [0.2, 0.25) is 0 Å². The highest BCUT2D eigenvalue weighted by atomic mass is 32.1. The molecular weight excluding hydrogens is 253 g/mol. The summed E-state index contributed by atoms with van der Waals surface area (Å²) in [7, 11) is 0. The highest BCUT2D eigenvalue weighted by Crippen LogP contribution is 2.15. The van der Waals surface area contributed by atoms with Gasteiger partial charge in [-0.2, -0.15) is 0 Å². The smallest absolute Gasteiger partial charge is 0.271 e. The molecule has 0 saturated carbocycles. The van der Waals surface area contributed by atoms with E-state index in [0.29, 0.717) is 10.8 Å². The summed E-state index contributed by atoms with van der Waals surface area (Å²) in [6.07, 6.45) is 0. The zero-order valence-electron chi connectivity index (χ0n) is 9.68. The fourth-order valence-corrected chi connectivity index (χ4v) is 2.04. The first-order valence-electron chi connectivity index (χ1n) is 5.33. The van der Waals surface area contributed by atoms with Crippen molar-refractivity contribution in [2.75, 3.05) is 5.73 Å². The minimum Gasteiger partial charge on any atom is -0.375 e. The first kappa shape index (κ1) is 12.5. The Balaban J connectivity index is 2.05. The van der Waals surface area contributed by atoms with E-state index in [-0.39, 0.29) is 17.8 Å². The Morgan fingerprint density at radius 1 is 1.44 bits per heavy atom. The van der Waals surface area contributed by atoms with E-state index in [9.17, 15) is 9.18 Å². The van der Waals surface area contributed by atoms with Crippen LogP contribution in [0.25, 0.3) is 0 Å². The van der Waals surface area contributed by atoms with E-state index in [2.05, 4.69) is 10.3 Å². The molecule has 6 heteroatoms. The average Bonchev–Trinajstić information content (AvgIpc) is 2.76. The maximum atomic E-state index is 12.8. The Hall–Kier alpha value is -1.95. The van der Waals surface area contributed by atoms with Gasteiger partial charge in [-0.05, 0) is 24.6 Å². The summed E-state index contributed by atoms with van der Waals surface area (Å²) in [5.41, 5.74) is 6.59. The predicted octanol–water partition coefficient (Wildman–Crippen LogP) is 2.36. The number of aromatic nitrogens is 1. The number of carbonyl (C=O) groups excluding carboxylic acids is 1. The Morgan fingerprint density at radius 2 is 2.11 bits per heavy atom. The Morgan fingerprint density at radius 3 is 2.67 bits per heavy atom. The quantitative estimate of drug-likeness (QED) is 0.895. The number of hydrogen-bond acceptors (Lipinski definition) is 4. The van der Waals surface area contributed by atoms with Crippen LogP contribution in [-0.2, 0) is 0 Å². The molecule has 2 rings (SSSR count). The molecule has 1 amide bonds. The van der Waals surface area contributed by atoms with E-state index in [0.717, 1.165) is 5.56 Å². The molecule has 4 nitrogen and oxygen atoms in total. The molecule has 0 bridgehead atoms. The lowest BCUT2D eigenvalue weighted by Gasteiger charge is -2.13. The number of rotatable bonds is 3. The maximum Gasteiger partial charge on any atom is 0.271 e. The van der Waals surface area contributed by atoms with Gasteiger partial charge in [0.2, 0.25) is 0 Å². The summed E-state index contributed by atoms with van der Waals surface area (Å²) < 4.78 is 12.8. The number of benzene rings is 1. The molecule has 1 aromatic heterocycles. The molecule has 0 saturated heterocycles. The van der Waals surface area contributed by atoms with Crippen molar-refractivity contribution in [3.05, 3.63) is 46.7 Å². The number of nitrogens with one attached hydrogen (secondary N) is 1. The molecule has 0 unspecified atom stereocenters. The van der Waals surface area contributed by atoms with E-state index in [4.69, 9.17) is 5.73 Å². The van der Waals surface area contributed by atoms with Crippen molar-refractivity contribution in [1.29, 1.82) is 0 Å².